The van der Waals surface area contributed by atoms with E-state index in [0.717, 1.165) is 49.2 Å². The predicted octanol–water partition coefficient (Wildman–Crippen LogP) is 6.95. The van der Waals surface area contributed by atoms with Crippen LogP contribution < -0.4 is 9.62 Å². The molecule has 234 valence electrons. The number of hydrogen-bond acceptors (Lipinski definition) is 4. The highest BCUT2D eigenvalue weighted by molar-refractivity contribution is 14.1. The van der Waals surface area contributed by atoms with E-state index in [1.807, 2.05) is 54.6 Å². The number of nitrogens with zero attached hydrogens (tertiary/aromatic N) is 2. The second-order valence-electron chi connectivity index (χ2n) is 11.1. The molecule has 1 N–H and O–H groups in total. The molecule has 1 atom stereocenters. The Kier molecular flexibility index (Phi) is 11.3. The van der Waals surface area contributed by atoms with Gasteiger partial charge in [-0.25, -0.2) is 8.42 Å². The molecule has 7 nitrogen and oxygen atoms in total. The summed E-state index contributed by atoms with van der Waals surface area (Å²) in [5, 5.41) is 3.20. The lowest BCUT2D eigenvalue weighted by Crippen LogP contribution is -2.54. The number of hydrogen-bond donors (Lipinski definition) is 1. The monoisotopic (exact) mass is 799 g/mol. The molecule has 0 unspecified atom stereocenters. The van der Waals surface area contributed by atoms with Crippen LogP contribution in [0.3, 0.4) is 0 Å². The topological polar surface area (TPSA) is 86.8 Å². The van der Waals surface area contributed by atoms with Crippen molar-refractivity contribution in [1.82, 2.24) is 10.2 Å². The number of rotatable bonds is 12. The van der Waals surface area contributed by atoms with Crippen LogP contribution in [0.25, 0.3) is 0 Å². The zero-order valence-corrected chi connectivity index (χ0v) is 29.2. The lowest BCUT2D eigenvalue weighted by atomic mass is 10.0. The Morgan fingerprint density at radius 2 is 1.42 bits per heavy atom. The lowest BCUT2D eigenvalue weighted by molar-refractivity contribution is -0.140. The van der Waals surface area contributed by atoms with Crippen molar-refractivity contribution >= 4 is 66.0 Å². The molecule has 0 radical (unpaired) electrons. The van der Waals surface area contributed by atoms with E-state index in [9.17, 15) is 18.0 Å². The molecule has 0 heterocycles. The van der Waals surface area contributed by atoms with Gasteiger partial charge in [-0.05, 0) is 95.1 Å². The summed E-state index contributed by atoms with van der Waals surface area (Å²) in [6, 6.07) is 31.5. The van der Waals surface area contributed by atoms with Gasteiger partial charge in [-0.1, -0.05) is 89.4 Å². The van der Waals surface area contributed by atoms with Crippen molar-refractivity contribution in [3.05, 3.63) is 128 Å². The Bertz CT molecular complexity index is 1680. The Morgan fingerprint density at radius 3 is 2.04 bits per heavy atom. The summed E-state index contributed by atoms with van der Waals surface area (Å²) < 4.78 is 31.1. The SMILES string of the molecule is O=C(NC1CCCC1)[C@H](Cc1ccccc1)N(Cc1ccc(Br)cc1)C(=O)CN(c1ccc(I)cc1)S(=O)(=O)c1ccccc1. The van der Waals surface area contributed by atoms with E-state index >= 15 is 0 Å². The summed E-state index contributed by atoms with van der Waals surface area (Å²) in [7, 11) is -4.12. The first-order valence-corrected chi connectivity index (χ1v) is 18.2. The fourth-order valence-electron chi connectivity index (χ4n) is 5.56. The lowest BCUT2D eigenvalue weighted by Gasteiger charge is -2.34. The predicted molar refractivity (Wildman–Crippen MR) is 189 cm³/mol. The van der Waals surface area contributed by atoms with Crippen molar-refractivity contribution in [2.45, 2.75) is 55.6 Å². The van der Waals surface area contributed by atoms with Gasteiger partial charge < -0.3 is 10.2 Å². The van der Waals surface area contributed by atoms with Crippen LogP contribution in [0.2, 0.25) is 0 Å². The maximum atomic E-state index is 14.5. The van der Waals surface area contributed by atoms with E-state index in [1.165, 1.54) is 12.1 Å². The molecule has 0 spiro atoms. The van der Waals surface area contributed by atoms with Crippen LogP contribution in [0, 0.1) is 3.57 Å². The van der Waals surface area contributed by atoms with Crippen molar-refractivity contribution in [2.24, 2.45) is 0 Å². The first-order valence-electron chi connectivity index (χ1n) is 14.9. The number of sulfonamides is 1. The average molecular weight is 801 g/mol. The third-order valence-corrected chi connectivity index (χ3v) is 11.0. The molecule has 10 heteroatoms. The van der Waals surface area contributed by atoms with E-state index in [4.69, 9.17) is 0 Å². The van der Waals surface area contributed by atoms with E-state index < -0.39 is 28.5 Å². The molecule has 5 rings (SSSR count). The van der Waals surface area contributed by atoms with Gasteiger partial charge in [0.05, 0.1) is 10.6 Å². The van der Waals surface area contributed by atoms with Gasteiger partial charge in [-0.15, -0.1) is 0 Å². The average Bonchev–Trinajstić information content (AvgIpc) is 3.57. The first-order chi connectivity index (χ1) is 21.7. The summed E-state index contributed by atoms with van der Waals surface area (Å²) in [6.07, 6.45) is 4.20. The second kappa shape index (κ2) is 15.4. The van der Waals surface area contributed by atoms with Gasteiger partial charge in [0.25, 0.3) is 10.0 Å². The molecular weight excluding hydrogens is 765 g/mol. The van der Waals surface area contributed by atoms with Crippen LogP contribution >= 0.6 is 38.5 Å². The first kappa shape index (κ1) is 33.2. The maximum absolute atomic E-state index is 14.5. The minimum absolute atomic E-state index is 0.0576. The van der Waals surface area contributed by atoms with E-state index in [2.05, 4.69) is 43.8 Å². The molecule has 0 bridgehead atoms. The minimum atomic E-state index is -4.12. The van der Waals surface area contributed by atoms with Crippen molar-refractivity contribution < 1.29 is 18.0 Å². The van der Waals surface area contributed by atoms with Crippen molar-refractivity contribution in [1.29, 1.82) is 0 Å². The Labute approximate surface area is 287 Å². The number of halogens is 2. The molecule has 4 aromatic rings. The Balaban J connectivity index is 1.55. The summed E-state index contributed by atoms with van der Waals surface area (Å²) in [5.41, 5.74) is 2.10. The number of carbonyl (C=O) groups is 2. The van der Waals surface area contributed by atoms with Crippen LogP contribution in [0.1, 0.15) is 36.8 Å². The van der Waals surface area contributed by atoms with Gasteiger partial charge in [0.15, 0.2) is 0 Å². The highest BCUT2D eigenvalue weighted by Crippen LogP contribution is 2.26. The van der Waals surface area contributed by atoms with Crippen LogP contribution in [0.15, 0.2) is 119 Å². The van der Waals surface area contributed by atoms with Crippen LogP contribution in [0.5, 0.6) is 0 Å². The molecule has 45 heavy (non-hydrogen) atoms. The molecule has 0 saturated heterocycles. The second-order valence-corrected chi connectivity index (χ2v) is 15.2. The number of amides is 2. The number of carbonyl (C=O) groups excluding carboxylic acids is 2. The van der Waals surface area contributed by atoms with Gasteiger partial charge in [-0.2, -0.15) is 0 Å². The van der Waals surface area contributed by atoms with Gasteiger partial charge in [0, 0.05) is 27.1 Å². The fraction of sp³-hybridized carbons (Fsp3) is 0.257. The molecule has 1 aliphatic rings. The van der Waals surface area contributed by atoms with Crippen molar-refractivity contribution in [3.8, 4) is 0 Å². The Morgan fingerprint density at radius 1 is 0.822 bits per heavy atom. The molecule has 1 fully saturated rings. The van der Waals surface area contributed by atoms with Gasteiger partial charge in [0.2, 0.25) is 11.8 Å². The van der Waals surface area contributed by atoms with Crippen LogP contribution in [-0.4, -0.2) is 43.8 Å². The minimum Gasteiger partial charge on any atom is -0.352 e. The zero-order chi connectivity index (χ0) is 31.8. The van der Waals surface area contributed by atoms with Gasteiger partial charge in [0.1, 0.15) is 12.6 Å². The zero-order valence-electron chi connectivity index (χ0n) is 24.7. The van der Waals surface area contributed by atoms with Crippen molar-refractivity contribution in [2.75, 3.05) is 10.8 Å². The number of anilines is 1. The van der Waals surface area contributed by atoms with Gasteiger partial charge >= 0.3 is 0 Å². The van der Waals surface area contributed by atoms with E-state index in [1.54, 1.807) is 47.4 Å². The third kappa shape index (κ3) is 8.74. The molecular formula is C35H35BrIN3O4S. The summed E-state index contributed by atoms with van der Waals surface area (Å²) >= 11 is 5.63. The largest absolute Gasteiger partial charge is 0.352 e. The molecule has 1 saturated carbocycles. The molecule has 4 aromatic carbocycles. The van der Waals surface area contributed by atoms with Crippen LogP contribution in [-0.2, 0) is 32.6 Å². The van der Waals surface area contributed by atoms with Gasteiger partial charge in [-0.3, -0.25) is 13.9 Å². The normalized spacial score (nSPS) is 14.1. The molecule has 2 amide bonds. The molecule has 0 aromatic heterocycles. The highest BCUT2D eigenvalue weighted by Gasteiger charge is 2.35. The summed E-state index contributed by atoms with van der Waals surface area (Å²) in [4.78, 5) is 30.2. The number of benzene rings is 4. The Hall–Kier alpha value is -3.22. The summed E-state index contributed by atoms with van der Waals surface area (Å²) in [6.45, 7) is -0.343. The molecule has 0 aliphatic heterocycles. The third-order valence-electron chi connectivity index (χ3n) is 7.96. The van der Waals surface area contributed by atoms with Crippen LogP contribution in [0.4, 0.5) is 5.69 Å². The summed E-state index contributed by atoms with van der Waals surface area (Å²) in [5.74, 6) is -0.707. The standard InChI is InChI=1S/C35H35BrIN3O4S/c36-28-17-15-27(16-18-28)24-39(33(23-26-9-3-1-4-10-26)35(42)38-30-11-7-8-12-30)34(41)25-40(31-21-19-29(37)20-22-31)45(43,44)32-13-5-2-6-14-32/h1-6,9-10,13-22,30,33H,7-8,11-12,23-25H2,(H,38,42)/t33-/m0/s1. The molecule has 1 aliphatic carbocycles. The quantitative estimate of drug-likeness (QED) is 0.157. The number of nitrogens with one attached hydrogen (secondary N) is 1. The van der Waals surface area contributed by atoms with E-state index in [0.29, 0.717) is 5.69 Å². The highest BCUT2D eigenvalue weighted by atomic mass is 127. The van der Waals surface area contributed by atoms with E-state index in [-0.39, 0.29) is 29.8 Å². The maximum Gasteiger partial charge on any atom is 0.264 e. The van der Waals surface area contributed by atoms with Crippen molar-refractivity contribution in [3.63, 3.8) is 0 Å². The smallest absolute Gasteiger partial charge is 0.264 e. The fourth-order valence-corrected chi connectivity index (χ4v) is 7.62.